The number of rotatable bonds is 6. The molecule has 0 radical (unpaired) electrons. The summed E-state index contributed by atoms with van der Waals surface area (Å²) in [6.45, 7) is 5.56. The Bertz CT molecular complexity index is 591. The Kier molecular flexibility index (Phi) is 5.37. The summed E-state index contributed by atoms with van der Waals surface area (Å²) in [5.41, 5.74) is 2.46. The van der Waals surface area contributed by atoms with Crippen LogP contribution in [0, 0.1) is 6.92 Å². The summed E-state index contributed by atoms with van der Waals surface area (Å²) in [7, 11) is 0. The first-order valence-electron chi connectivity index (χ1n) is 7.32. The first-order chi connectivity index (χ1) is 10.2. The van der Waals surface area contributed by atoms with E-state index in [1.54, 1.807) is 6.07 Å². The zero-order valence-electron chi connectivity index (χ0n) is 12.6. The van der Waals surface area contributed by atoms with Crippen molar-refractivity contribution in [2.45, 2.75) is 33.2 Å². The van der Waals surface area contributed by atoms with Gasteiger partial charge in [-0.15, -0.1) is 0 Å². The van der Waals surface area contributed by atoms with Crippen LogP contribution in [-0.2, 0) is 6.54 Å². The Hall–Kier alpha value is -2.30. The number of hydrogen-bond donors (Lipinski definition) is 2. The third kappa shape index (κ3) is 4.63. The van der Waals surface area contributed by atoms with Crippen LogP contribution in [0.5, 0.6) is 0 Å². The van der Waals surface area contributed by atoms with Crippen molar-refractivity contribution < 1.29 is 4.79 Å². The topological polar surface area (TPSA) is 59.0 Å². The van der Waals surface area contributed by atoms with E-state index in [9.17, 15) is 4.79 Å². The van der Waals surface area contributed by atoms with E-state index in [-0.39, 0.29) is 6.03 Å². The fourth-order valence-electron chi connectivity index (χ4n) is 2.02. The largest absolute Gasteiger partial charge is 0.338 e. The highest BCUT2D eigenvalue weighted by Crippen LogP contribution is 2.10. The summed E-state index contributed by atoms with van der Waals surface area (Å²) >= 11 is 0. The number of carbonyl (C=O) groups is 1. The van der Waals surface area contributed by atoms with Gasteiger partial charge >= 0.3 is 6.03 Å². The van der Waals surface area contributed by atoms with Crippen molar-refractivity contribution in [3.63, 3.8) is 0 Å². The number of nitrogens with zero attached hydrogens (tertiary/aromatic N) is 2. The molecule has 0 spiro atoms. The number of aryl methyl sites for hydroxylation is 1. The van der Waals surface area contributed by atoms with Gasteiger partial charge in [-0.1, -0.05) is 37.6 Å². The van der Waals surface area contributed by atoms with Crippen LogP contribution >= 0.6 is 0 Å². The Morgan fingerprint density at radius 3 is 2.86 bits per heavy atom. The number of benzene rings is 1. The molecule has 2 rings (SSSR count). The number of carbonyl (C=O) groups excluding carboxylic acids is 1. The zero-order valence-corrected chi connectivity index (χ0v) is 12.6. The third-order valence-corrected chi connectivity index (χ3v) is 3.29. The summed E-state index contributed by atoms with van der Waals surface area (Å²) in [5, 5.41) is 9.90. The lowest BCUT2D eigenvalue weighted by Gasteiger charge is -2.06. The molecule has 1 aromatic carbocycles. The van der Waals surface area contributed by atoms with Crippen molar-refractivity contribution in [1.29, 1.82) is 0 Å². The van der Waals surface area contributed by atoms with E-state index in [1.165, 1.54) is 11.1 Å². The Labute approximate surface area is 125 Å². The monoisotopic (exact) mass is 286 g/mol. The predicted octanol–water partition coefficient (Wildman–Crippen LogP) is 3.16. The molecule has 21 heavy (non-hydrogen) atoms. The van der Waals surface area contributed by atoms with Gasteiger partial charge in [0, 0.05) is 18.8 Å². The second-order valence-corrected chi connectivity index (χ2v) is 5.06. The van der Waals surface area contributed by atoms with Crippen molar-refractivity contribution in [2.24, 2.45) is 0 Å². The number of amides is 2. The molecule has 0 saturated heterocycles. The van der Waals surface area contributed by atoms with Crippen LogP contribution in [0.1, 0.15) is 30.9 Å². The summed E-state index contributed by atoms with van der Waals surface area (Å²) in [6, 6.07) is 9.81. The van der Waals surface area contributed by atoms with Crippen LogP contribution in [0.25, 0.3) is 0 Å². The number of hydrogen-bond acceptors (Lipinski definition) is 2. The second kappa shape index (κ2) is 7.47. The van der Waals surface area contributed by atoms with Gasteiger partial charge < -0.3 is 5.32 Å². The van der Waals surface area contributed by atoms with E-state index in [2.05, 4.69) is 41.7 Å². The number of unbranched alkanes of at least 4 members (excludes halogenated alkanes) is 1. The van der Waals surface area contributed by atoms with Crippen molar-refractivity contribution in [2.75, 3.05) is 11.9 Å². The molecule has 2 amide bonds. The Morgan fingerprint density at radius 2 is 2.10 bits per heavy atom. The van der Waals surface area contributed by atoms with Crippen LogP contribution in [0.15, 0.2) is 36.5 Å². The molecule has 0 bridgehead atoms. The fourth-order valence-corrected chi connectivity index (χ4v) is 2.02. The molecular formula is C16H22N4O. The van der Waals surface area contributed by atoms with E-state index in [1.807, 2.05) is 23.0 Å². The van der Waals surface area contributed by atoms with Crippen molar-refractivity contribution >= 4 is 11.8 Å². The van der Waals surface area contributed by atoms with Crippen LogP contribution in [-0.4, -0.2) is 22.4 Å². The molecule has 0 fully saturated rings. The fraction of sp³-hybridized carbons (Fsp3) is 0.375. The van der Waals surface area contributed by atoms with Crippen LogP contribution in [0.4, 0.5) is 10.6 Å². The molecule has 0 aliphatic rings. The smallest absolute Gasteiger partial charge is 0.320 e. The SMILES string of the molecule is CCCCNC(=O)Nc1ccn(Cc2ccccc2C)n1. The van der Waals surface area contributed by atoms with Gasteiger partial charge in [-0.05, 0) is 24.5 Å². The maximum atomic E-state index is 11.6. The molecule has 0 atom stereocenters. The molecule has 112 valence electrons. The molecule has 0 saturated carbocycles. The van der Waals surface area contributed by atoms with Gasteiger partial charge in [0.15, 0.2) is 5.82 Å². The zero-order chi connectivity index (χ0) is 15.1. The highest BCUT2D eigenvalue weighted by Gasteiger charge is 2.05. The Balaban J connectivity index is 1.89. The molecule has 0 aliphatic heterocycles. The summed E-state index contributed by atoms with van der Waals surface area (Å²) in [5.74, 6) is 0.567. The molecule has 1 aromatic heterocycles. The minimum atomic E-state index is -0.204. The van der Waals surface area contributed by atoms with E-state index >= 15 is 0 Å². The molecule has 1 heterocycles. The van der Waals surface area contributed by atoms with Crippen LogP contribution in [0.3, 0.4) is 0 Å². The van der Waals surface area contributed by atoms with Crippen LogP contribution < -0.4 is 10.6 Å². The van der Waals surface area contributed by atoms with Crippen molar-refractivity contribution in [1.82, 2.24) is 15.1 Å². The molecule has 5 nitrogen and oxygen atoms in total. The summed E-state index contributed by atoms with van der Waals surface area (Å²) < 4.78 is 1.82. The molecule has 0 unspecified atom stereocenters. The van der Waals surface area contributed by atoms with Gasteiger partial charge in [0.25, 0.3) is 0 Å². The Morgan fingerprint density at radius 1 is 1.29 bits per heavy atom. The maximum Gasteiger partial charge on any atom is 0.320 e. The lowest BCUT2D eigenvalue weighted by molar-refractivity contribution is 0.252. The third-order valence-electron chi connectivity index (χ3n) is 3.29. The lowest BCUT2D eigenvalue weighted by Crippen LogP contribution is -2.29. The van der Waals surface area contributed by atoms with Crippen LogP contribution in [0.2, 0.25) is 0 Å². The number of aromatic nitrogens is 2. The van der Waals surface area contributed by atoms with E-state index < -0.39 is 0 Å². The molecule has 2 aromatic rings. The number of anilines is 1. The number of urea groups is 1. The summed E-state index contributed by atoms with van der Waals surface area (Å²) in [6.07, 6.45) is 3.91. The van der Waals surface area contributed by atoms with Crippen molar-refractivity contribution in [3.05, 3.63) is 47.7 Å². The highest BCUT2D eigenvalue weighted by atomic mass is 16.2. The first-order valence-corrected chi connectivity index (χ1v) is 7.32. The maximum absolute atomic E-state index is 11.6. The van der Waals surface area contributed by atoms with Gasteiger partial charge in [-0.3, -0.25) is 10.00 Å². The van der Waals surface area contributed by atoms with Crippen molar-refractivity contribution in [3.8, 4) is 0 Å². The van der Waals surface area contributed by atoms with E-state index in [4.69, 9.17) is 0 Å². The van der Waals surface area contributed by atoms with Gasteiger partial charge in [0.05, 0.1) is 6.54 Å². The summed E-state index contributed by atoms with van der Waals surface area (Å²) in [4.78, 5) is 11.6. The standard InChI is InChI=1S/C16H22N4O/c1-3-4-10-17-16(21)18-15-9-11-20(19-15)12-14-8-6-5-7-13(14)2/h5-9,11H,3-4,10,12H2,1-2H3,(H2,17,18,19,21). The van der Waals surface area contributed by atoms with E-state index in [0.717, 1.165) is 12.8 Å². The molecule has 0 aliphatic carbocycles. The normalized spacial score (nSPS) is 10.4. The minimum absolute atomic E-state index is 0.204. The molecule has 5 heteroatoms. The first kappa shape index (κ1) is 15.1. The number of nitrogens with one attached hydrogen (secondary N) is 2. The van der Waals surface area contributed by atoms with Gasteiger partial charge in [0.1, 0.15) is 0 Å². The lowest BCUT2D eigenvalue weighted by atomic mass is 10.1. The van der Waals surface area contributed by atoms with Gasteiger partial charge in [-0.2, -0.15) is 5.10 Å². The highest BCUT2D eigenvalue weighted by molar-refractivity contribution is 5.88. The molecular weight excluding hydrogens is 264 g/mol. The molecule has 2 N–H and O–H groups in total. The quantitative estimate of drug-likeness (QED) is 0.801. The average molecular weight is 286 g/mol. The minimum Gasteiger partial charge on any atom is -0.338 e. The predicted molar refractivity (Wildman–Crippen MR) is 84.4 cm³/mol. The second-order valence-electron chi connectivity index (χ2n) is 5.06. The van der Waals surface area contributed by atoms with Gasteiger partial charge in [0.2, 0.25) is 0 Å². The van der Waals surface area contributed by atoms with E-state index in [0.29, 0.717) is 18.9 Å². The van der Waals surface area contributed by atoms with Gasteiger partial charge in [-0.25, -0.2) is 4.79 Å². The average Bonchev–Trinajstić information content (AvgIpc) is 2.89.